The summed E-state index contributed by atoms with van der Waals surface area (Å²) in [5.41, 5.74) is 2.35. The van der Waals surface area contributed by atoms with Crippen molar-refractivity contribution in [3.63, 3.8) is 0 Å². The van der Waals surface area contributed by atoms with Gasteiger partial charge in [-0.3, -0.25) is 4.90 Å². The van der Waals surface area contributed by atoms with Crippen molar-refractivity contribution in [2.45, 2.75) is 25.4 Å². The van der Waals surface area contributed by atoms with E-state index in [0.717, 1.165) is 25.2 Å². The molecule has 1 fully saturated rings. The van der Waals surface area contributed by atoms with E-state index >= 15 is 0 Å². The standard InChI is InChI=1S/C19H23N3O2/c1-24-19(23)9-6-16-4-7-17(8-5-16)18-3-2-11-22(18)14-13-21-12-10-20-15-21/h4-10,12,15,18H,2-3,11,13-14H2,1H3/t18-/m0/s1. The number of likely N-dealkylation sites (tertiary alicyclic amines) is 1. The second-order valence-corrected chi connectivity index (χ2v) is 6.02. The van der Waals surface area contributed by atoms with Crippen LogP contribution in [0.5, 0.6) is 0 Å². The molecule has 3 rings (SSSR count). The highest BCUT2D eigenvalue weighted by atomic mass is 16.5. The van der Waals surface area contributed by atoms with Gasteiger partial charge in [0.15, 0.2) is 0 Å². The van der Waals surface area contributed by atoms with Crippen LogP contribution in [0.15, 0.2) is 49.1 Å². The van der Waals surface area contributed by atoms with Crippen LogP contribution in [0.3, 0.4) is 0 Å². The van der Waals surface area contributed by atoms with Crippen LogP contribution in [0.2, 0.25) is 0 Å². The molecule has 1 atom stereocenters. The number of nitrogens with zero attached hydrogens (tertiary/aromatic N) is 3. The number of rotatable bonds is 6. The molecule has 1 aliphatic heterocycles. The molecular formula is C19H23N3O2. The number of aromatic nitrogens is 2. The molecule has 1 aliphatic rings. The van der Waals surface area contributed by atoms with E-state index in [1.165, 1.54) is 31.6 Å². The van der Waals surface area contributed by atoms with Crippen molar-refractivity contribution in [1.29, 1.82) is 0 Å². The third-order valence-corrected chi connectivity index (χ3v) is 4.50. The maximum Gasteiger partial charge on any atom is 0.330 e. The van der Waals surface area contributed by atoms with Gasteiger partial charge in [0.25, 0.3) is 0 Å². The average Bonchev–Trinajstić information content (AvgIpc) is 3.29. The van der Waals surface area contributed by atoms with E-state index in [9.17, 15) is 4.79 Å². The van der Waals surface area contributed by atoms with Crippen LogP contribution < -0.4 is 0 Å². The summed E-state index contributed by atoms with van der Waals surface area (Å²) >= 11 is 0. The van der Waals surface area contributed by atoms with Gasteiger partial charge in [-0.2, -0.15) is 0 Å². The van der Waals surface area contributed by atoms with E-state index in [1.807, 2.05) is 18.7 Å². The Morgan fingerprint density at radius 2 is 2.17 bits per heavy atom. The maximum atomic E-state index is 11.2. The zero-order valence-electron chi connectivity index (χ0n) is 14.0. The van der Waals surface area contributed by atoms with E-state index in [4.69, 9.17) is 0 Å². The molecular weight excluding hydrogens is 302 g/mol. The largest absolute Gasteiger partial charge is 0.466 e. The van der Waals surface area contributed by atoms with Crippen molar-refractivity contribution in [3.05, 3.63) is 60.2 Å². The van der Waals surface area contributed by atoms with Crippen LogP contribution in [0, 0.1) is 0 Å². The molecule has 0 amide bonds. The van der Waals surface area contributed by atoms with Crippen molar-refractivity contribution in [3.8, 4) is 0 Å². The summed E-state index contributed by atoms with van der Waals surface area (Å²) in [6, 6.07) is 8.92. The number of ether oxygens (including phenoxy) is 1. The summed E-state index contributed by atoms with van der Waals surface area (Å²) in [6.45, 7) is 3.14. The molecule has 2 aromatic rings. The minimum atomic E-state index is -0.333. The van der Waals surface area contributed by atoms with Crippen LogP contribution in [-0.4, -0.2) is 40.6 Å². The first-order valence-electron chi connectivity index (χ1n) is 8.32. The first-order chi connectivity index (χ1) is 11.8. The fraction of sp³-hybridized carbons (Fsp3) is 0.368. The van der Waals surface area contributed by atoms with Crippen LogP contribution in [0.1, 0.15) is 30.0 Å². The van der Waals surface area contributed by atoms with E-state index in [2.05, 4.69) is 43.5 Å². The fourth-order valence-corrected chi connectivity index (χ4v) is 3.20. The molecule has 0 spiro atoms. The van der Waals surface area contributed by atoms with Gasteiger partial charge in [-0.1, -0.05) is 24.3 Å². The lowest BCUT2D eigenvalue weighted by molar-refractivity contribution is -0.134. The van der Waals surface area contributed by atoms with Crippen LogP contribution in [0.25, 0.3) is 6.08 Å². The number of benzene rings is 1. The van der Waals surface area contributed by atoms with E-state index < -0.39 is 0 Å². The topological polar surface area (TPSA) is 47.4 Å². The molecule has 126 valence electrons. The van der Waals surface area contributed by atoms with E-state index in [1.54, 1.807) is 6.08 Å². The third kappa shape index (κ3) is 4.11. The van der Waals surface area contributed by atoms with Gasteiger partial charge in [0.2, 0.25) is 0 Å². The molecule has 0 unspecified atom stereocenters. The highest BCUT2D eigenvalue weighted by Crippen LogP contribution is 2.31. The van der Waals surface area contributed by atoms with Crippen LogP contribution in [-0.2, 0) is 16.1 Å². The van der Waals surface area contributed by atoms with E-state index in [0.29, 0.717) is 6.04 Å². The first-order valence-corrected chi connectivity index (χ1v) is 8.32. The van der Waals surface area contributed by atoms with Gasteiger partial charge in [-0.15, -0.1) is 0 Å². The quantitative estimate of drug-likeness (QED) is 0.605. The summed E-state index contributed by atoms with van der Waals surface area (Å²) in [7, 11) is 1.38. The Balaban J connectivity index is 1.62. The second kappa shape index (κ2) is 7.93. The summed E-state index contributed by atoms with van der Waals surface area (Å²) in [4.78, 5) is 17.8. The molecule has 5 nitrogen and oxygen atoms in total. The van der Waals surface area contributed by atoms with Gasteiger partial charge in [0, 0.05) is 37.6 Å². The smallest absolute Gasteiger partial charge is 0.330 e. The number of carbonyl (C=O) groups excluding carboxylic acids is 1. The van der Waals surface area contributed by atoms with Crippen LogP contribution in [0.4, 0.5) is 0 Å². The minimum Gasteiger partial charge on any atom is -0.466 e. The molecule has 1 saturated heterocycles. The molecule has 1 aromatic carbocycles. The number of hydrogen-bond acceptors (Lipinski definition) is 4. The molecule has 1 aromatic heterocycles. The van der Waals surface area contributed by atoms with Gasteiger partial charge in [0.1, 0.15) is 0 Å². The number of esters is 1. The lowest BCUT2D eigenvalue weighted by atomic mass is 10.0. The number of methoxy groups -OCH3 is 1. The summed E-state index contributed by atoms with van der Waals surface area (Å²) < 4.78 is 6.73. The normalized spacial score (nSPS) is 18.3. The number of imidazole rings is 1. The Hall–Kier alpha value is -2.40. The molecule has 24 heavy (non-hydrogen) atoms. The Morgan fingerprint density at radius 1 is 1.33 bits per heavy atom. The zero-order chi connectivity index (χ0) is 16.8. The molecule has 0 N–H and O–H groups in total. The lowest BCUT2D eigenvalue weighted by Crippen LogP contribution is -2.27. The van der Waals surface area contributed by atoms with Gasteiger partial charge in [-0.25, -0.2) is 9.78 Å². The van der Waals surface area contributed by atoms with Gasteiger partial charge in [-0.05, 0) is 36.6 Å². The number of carbonyl (C=O) groups is 1. The van der Waals surface area contributed by atoms with Gasteiger partial charge < -0.3 is 9.30 Å². The van der Waals surface area contributed by atoms with Gasteiger partial charge >= 0.3 is 5.97 Å². The monoisotopic (exact) mass is 325 g/mol. The molecule has 0 radical (unpaired) electrons. The minimum absolute atomic E-state index is 0.333. The van der Waals surface area contributed by atoms with Crippen molar-refractivity contribution < 1.29 is 9.53 Å². The van der Waals surface area contributed by atoms with Crippen molar-refractivity contribution in [1.82, 2.24) is 14.5 Å². The highest BCUT2D eigenvalue weighted by molar-refractivity contribution is 5.86. The maximum absolute atomic E-state index is 11.2. The molecule has 0 saturated carbocycles. The zero-order valence-corrected chi connectivity index (χ0v) is 14.0. The first kappa shape index (κ1) is 16.5. The van der Waals surface area contributed by atoms with Gasteiger partial charge in [0.05, 0.1) is 13.4 Å². The van der Waals surface area contributed by atoms with Crippen molar-refractivity contribution in [2.24, 2.45) is 0 Å². The Kier molecular flexibility index (Phi) is 5.43. The third-order valence-electron chi connectivity index (χ3n) is 4.50. The summed E-state index contributed by atoms with van der Waals surface area (Å²) in [5.74, 6) is -0.333. The Labute approximate surface area is 142 Å². The van der Waals surface area contributed by atoms with Crippen molar-refractivity contribution in [2.75, 3.05) is 20.2 Å². The van der Waals surface area contributed by atoms with Crippen LogP contribution >= 0.6 is 0 Å². The molecule has 0 aliphatic carbocycles. The predicted octanol–water partition coefficient (Wildman–Crippen LogP) is 2.91. The van der Waals surface area contributed by atoms with Crippen molar-refractivity contribution >= 4 is 12.0 Å². The SMILES string of the molecule is COC(=O)C=Cc1ccc([C@@H]2CCCN2CCn2ccnc2)cc1. The summed E-state index contributed by atoms with van der Waals surface area (Å²) in [5, 5.41) is 0. The summed E-state index contributed by atoms with van der Waals surface area (Å²) in [6.07, 6.45) is 11.4. The highest BCUT2D eigenvalue weighted by Gasteiger charge is 2.25. The Morgan fingerprint density at radius 3 is 2.88 bits per heavy atom. The number of hydrogen-bond donors (Lipinski definition) is 0. The second-order valence-electron chi connectivity index (χ2n) is 6.02. The molecule has 2 heterocycles. The average molecular weight is 325 g/mol. The Bertz CT molecular complexity index is 677. The molecule has 0 bridgehead atoms. The molecule has 5 heteroatoms. The lowest BCUT2D eigenvalue weighted by Gasteiger charge is -2.25. The van der Waals surface area contributed by atoms with E-state index in [-0.39, 0.29) is 5.97 Å². The predicted molar refractivity (Wildman–Crippen MR) is 93.3 cm³/mol. The fourth-order valence-electron chi connectivity index (χ4n) is 3.20.